The molecule has 0 radical (unpaired) electrons. The van der Waals surface area contributed by atoms with Crippen LogP contribution < -0.4 is 5.32 Å². The van der Waals surface area contributed by atoms with Crippen LogP contribution in [0.1, 0.15) is 35.5 Å². The molecule has 0 unspecified atom stereocenters. The van der Waals surface area contributed by atoms with E-state index in [2.05, 4.69) is 26.4 Å². The van der Waals surface area contributed by atoms with Crippen molar-refractivity contribution in [2.75, 3.05) is 11.9 Å². The molecule has 0 aliphatic rings. The van der Waals surface area contributed by atoms with Crippen LogP contribution in [0.4, 0.5) is 0 Å². The number of hydrogen-bond donors (Lipinski definition) is 1. The maximum atomic E-state index is 11.4. The average molecular weight is 275 g/mol. The molecule has 5 heteroatoms. The molecule has 1 heterocycles. The molecule has 0 aliphatic heterocycles. The minimum Gasteiger partial charge on any atom is -0.351 e. The second-order valence-corrected chi connectivity index (χ2v) is 4.13. The molecule has 1 N–H and O–H groups in total. The highest BCUT2D eigenvalue weighted by molar-refractivity contribution is 9.09. The number of nitrogens with zero attached hydrogens (tertiary/aromatic N) is 1. The van der Waals surface area contributed by atoms with Gasteiger partial charge in [0.05, 0.1) is 5.69 Å². The van der Waals surface area contributed by atoms with Gasteiger partial charge in [0, 0.05) is 17.9 Å². The lowest BCUT2D eigenvalue weighted by Gasteiger charge is -2.01. The highest BCUT2D eigenvalue weighted by Crippen LogP contribution is 2.02. The van der Waals surface area contributed by atoms with Gasteiger partial charge in [-0.05, 0) is 19.8 Å². The molecule has 1 aromatic rings. The van der Waals surface area contributed by atoms with E-state index in [-0.39, 0.29) is 11.7 Å². The first-order chi connectivity index (χ1) is 7.24. The normalized spacial score (nSPS) is 10.3. The molecule has 0 bridgehead atoms. The number of hydrogen-bond acceptors (Lipinski definition) is 3. The standard InChI is InChI=1S/C10H15BrN2O2/c1-8-7-9(15-13-8)10(14)12-6-4-2-3-5-11/h7H,2-6H2,1H3,(H,12,14). The van der Waals surface area contributed by atoms with Gasteiger partial charge in [-0.1, -0.05) is 27.5 Å². The molecule has 0 aliphatic carbocycles. The van der Waals surface area contributed by atoms with Crippen molar-refractivity contribution < 1.29 is 9.32 Å². The van der Waals surface area contributed by atoms with Crippen LogP contribution in [0.2, 0.25) is 0 Å². The summed E-state index contributed by atoms with van der Waals surface area (Å²) in [5.74, 6) is 0.0995. The van der Waals surface area contributed by atoms with E-state index in [0.717, 1.165) is 30.3 Å². The van der Waals surface area contributed by atoms with E-state index in [1.165, 1.54) is 0 Å². The summed E-state index contributed by atoms with van der Waals surface area (Å²) in [7, 11) is 0. The van der Waals surface area contributed by atoms with Gasteiger partial charge < -0.3 is 9.84 Å². The molecule has 84 valence electrons. The summed E-state index contributed by atoms with van der Waals surface area (Å²) in [6, 6.07) is 1.63. The van der Waals surface area contributed by atoms with E-state index in [4.69, 9.17) is 4.52 Å². The maximum Gasteiger partial charge on any atom is 0.289 e. The van der Waals surface area contributed by atoms with Crippen molar-refractivity contribution in [2.24, 2.45) is 0 Å². The van der Waals surface area contributed by atoms with Crippen molar-refractivity contribution in [3.8, 4) is 0 Å². The van der Waals surface area contributed by atoms with Crippen molar-refractivity contribution in [1.82, 2.24) is 10.5 Å². The SMILES string of the molecule is Cc1cc(C(=O)NCCCCCBr)on1. The van der Waals surface area contributed by atoms with Gasteiger partial charge in [-0.15, -0.1) is 0 Å². The molecule has 0 fully saturated rings. The lowest BCUT2D eigenvalue weighted by Crippen LogP contribution is -2.23. The number of rotatable bonds is 6. The molecule has 0 atom stereocenters. The number of aromatic nitrogens is 1. The zero-order valence-corrected chi connectivity index (χ0v) is 10.3. The van der Waals surface area contributed by atoms with Crippen molar-refractivity contribution in [1.29, 1.82) is 0 Å². The topological polar surface area (TPSA) is 55.1 Å². The fraction of sp³-hybridized carbons (Fsp3) is 0.600. The Kier molecular flexibility index (Phi) is 5.39. The van der Waals surface area contributed by atoms with Gasteiger partial charge in [0.2, 0.25) is 5.76 Å². The Morgan fingerprint density at radius 2 is 2.33 bits per heavy atom. The van der Waals surface area contributed by atoms with Crippen LogP contribution in [0, 0.1) is 6.92 Å². The molecule has 4 nitrogen and oxygen atoms in total. The van der Waals surface area contributed by atoms with Gasteiger partial charge in [0.25, 0.3) is 5.91 Å². The molecule has 0 saturated carbocycles. The first-order valence-electron chi connectivity index (χ1n) is 5.01. The third-order valence-corrected chi connectivity index (χ3v) is 2.51. The number of alkyl halides is 1. The smallest absolute Gasteiger partial charge is 0.289 e. The van der Waals surface area contributed by atoms with E-state index < -0.39 is 0 Å². The Hall–Kier alpha value is -0.840. The van der Waals surface area contributed by atoms with E-state index in [1.807, 2.05) is 0 Å². The van der Waals surface area contributed by atoms with Crippen LogP contribution in [0.15, 0.2) is 10.6 Å². The van der Waals surface area contributed by atoms with Gasteiger partial charge >= 0.3 is 0 Å². The fourth-order valence-electron chi connectivity index (χ4n) is 1.16. The third-order valence-electron chi connectivity index (χ3n) is 1.95. The molecule has 1 amide bonds. The Bertz CT molecular complexity index is 312. The molecule has 0 saturated heterocycles. The lowest BCUT2D eigenvalue weighted by atomic mass is 10.2. The number of carbonyl (C=O) groups is 1. The predicted molar refractivity (Wildman–Crippen MR) is 61.2 cm³/mol. The third kappa shape index (κ3) is 4.46. The Balaban J connectivity index is 2.19. The van der Waals surface area contributed by atoms with E-state index in [9.17, 15) is 4.79 Å². The zero-order valence-electron chi connectivity index (χ0n) is 8.75. The van der Waals surface area contributed by atoms with Gasteiger partial charge in [0.15, 0.2) is 0 Å². The van der Waals surface area contributed by atoms with Crippen molar-refractivity contribution in [3.05, 3.63) is 17.5 Å². The largest absolute Gasteiger partial charge is 0.351 e. The summed E-state index contributed by atoms with van der Waals surface area (Å²) in [4.78, 5) is 11.4. The van der Waals surface area contributed by atoms with Crippen molar-refractivity contribution >= 4 is 21.8 Å². The van der Waals surface area contributed by atoms with Gasteiger partial charge in [-0.3, -0.25) is 4.79 Å². The van der Waals surface area contributed by atoms with Crippen LogP contribution in [0.5, 0.6) is 0 Å². The summed E-state index contributed by atoms with van der Waals surface area (Å²) in [5, 5.41) is 7.45. The zero-order chi connectivity index (χ0) is 11.1. The summed E-state index contributed by atoms with van der Waals surface area (Å²) in [6.07, 6.45) is 3.24. The first-order valence-corrected chi connectivity index (χ1v) is 6.13. The molecule has 0 aromatic carbocycles. The summed E-state index contributed by atoms with van der Waals surface area (Å²) >= 11 is 3.36. The Morgan fingerprint density at radius 1 is 1.53 bits per heavy atom. The number of unbranched alkanes of at least 4 members (excludes halogenated alkanes) is 2. The quantitative estimate of drug-likeness (QED) is 0.640. The number of carbonyl (C=O) groups excluding carboxylic acids is 1. The lowest BCUT2D eigenvalue weighted by molar-refractivity contribution is 0.0916. The number of amides is 1. The minimum atomic E-state index is -0.186. The molecule has 0 spiro atoms. The second-order valence-electron chi connectivity index (χ2n) is 3.34. The Labute approximate surface area is 97.5 Å². The maximum absolute atomic E-state index is 11.4. The van der Waals surface area contributed by atoms with Gasteiger partial charge in [-0.25, -0.2) is 0 Å². The van der Waals surface area contributed by atoms with Crippen LogP contribution >= 0.6 is 15.9 Å². The fourth-order valence-corrected chi connectivity index (χ4v) is 1.55. The first kappa shape index (κ1) is 12.2. The highest BCUT2D eigenvalue weighted by atomic mass is 79.9. The van der Waals surface area contributed by atoms with Crippen LogP contribution in [0.25, 0.3) is 0 Å². The van der Waals surface area contributed by atoms with Gasteiger partial charge in [0.1, 0.15) is 0 Å². The monoisotopic (exact) mass is 274 g/mol. The van der Waals surface area contributed by atoms with E-state index in [0.29, 0.717) is 6.54 Å². The Morgan fingerprint density at radius 3 is 2.93 bits per heavy atom. The van der Waals surface area contributed by atoms with E-state index in [1.54, 1.807) is 13.0 Å². The van der Waals surface area contributed by atoms with Crippen LogP contribution in [-0.2, 0) is 0 Å². The second kappa shape index (κ2) is 6.61. The van der Waals surface area contributed by atoms with Crippen molar-refractivity contribution in [3.63, 3.8) is 0 Å². The molecule has 1 aromatic heterocycles. The predicted octanol–water partition coefficient (Wildman–Crippen LogP) is 2.28. The number of nitrogens with one attached hydrogen (secondary N) is 1. The van der Waals surface area contributed by atoms with E-state index >= 15 is 0 Å². The average Bonchev–Trinajstić information content (AvgIpc) is 2.64. The van der Waals surface area contributed by atoms with Crippen LogP contribution in [0.3, 0.4) is 0 Å². The van der Waals surface area contributed by atoms with Crippen molar-refractivity contribution in [2.45, 2.75) is 26.2 Å². The molecule has 15 heavy (non-hydrogen) atoms. The summed E-state index contributed by atoms with van der Waals surface area (Å²) in [6.45, 7) is 2.47. The molecular formula is C10H15BrN2O2. The van der Waals surface area contributed by atoms with Gasteiger partial charge in [-0.2, -0.15) is 0 Å². The minimum absolute atomic E-state index is 0.186. The highest BCUT2D eigenvalue weighted by Gasteiger charge is 2.09. The number of halogens is 1. The molecular weight excluding hydrogens is 260 g/mol. The summed E-state index contributed by atoms with van der Waals surface area (Å²) < 4.78 is 4.83. The van der Waals surface area contributed by atoms with Crippen LogP contribution in [-0.4, -0.2) is 22.9 Å². The molecule has 1 rings (SSSR count). The number of aryl methyl sites for hydroxylation is 1. The summed E-state index contributed by atoms with van der Waals surface area (Å²) in [5.41, 5.74) is 0.722.